The molecule has 0 spiro atoms. The van der Waals surface area contributed by atoms with Crippen molar-refractivity contribution in [3.63, 3.8) is 0 Å². The smallest absolute Gasteiger partial charge is 0.207 e. The summed E-state index contributed by atoms with van der Waals surface area (Å²) in [5.74, 6) is -0.566. The van der Waals surface area contributed by atoms with E-state index >= 15 is 0 Å². The molecule has 0 fully saturated rings. The van der Waals surface area contributed by atoms with Crippen LogP contribution in [0.15, 0.2) is 42.5 Å². The lowest BCUT2D eigenvalue weighted by molar-refractivity contribution is -0.137. The number of halogens is 5. The fourth-order valence-corrected chi connectivity index (χ4v) is 2.02. The Bertz CT molecular complexity index is 590. The number of benzene rings is 2. The lowest BCUT2D eigenvalue weighted by Crippen LogP contribution is -2.07. The molecule has 0 nitrogen and oxygen atoms in total. The van der Waals surface area contributed by atoms with Crippen LogP contribution in [0.5, 0.6) is 0 Å². The molecule has 0 aliphatic carbocycles. The van der Waals surface area contributed by atoms with E-state index in [-0.39, 0.29) is 17.0 Å². The van der Waals surface area contributed by atoms with Crippen LogP contribution in [0.4, 0.5) is 17.6 Å². The van der Waals surface area contributed by atoms with Crippen molar-refractivity contribution >= 4 is 11.6 Å². The van der Waals surface area contributed by atoms with Gasteiger partial charge in [0.05, 0.1) is 5.56 Å². The largest absolute Gasteiger partial charge is 0.417 e. The van der Waals surface area contributed by atoms with Crippen molar-refractivity contribution in [3.05, 3.63) is 59.4 Å². The normalized spacial score (nSPS) is 11.6. The zero-order valence-corrected chi connectivity index (χ0v) is 10.4. The molecule has 0 saturated heterocycles. The van der Waals surface area contributed by atoms with Crippen LogP contribution in [0.3, 0.4) is 0 Å². The molecule has 19 heavy (non-hydrogen) atoms. The van der Waals surface area contributed by atoms with E-state index in [2.05, 4.69) is 0 Å². The first-order valence-corrected chi connectivity index (χ1v) is 5.97. The van der Waals surface area contributed by atoms with E-state index in [0.717, 1.165) is 12.1 Å². The minimum Gasteiger partial charge on any atom is -0.207 e. The molecule has 2 rings (SSSR count). The summed E-state index contributed by atoms with van der Waals surface area (Å²) in [4.78, 5) is 0. The van der Waals surface area contributed by atoms with E-state index < -0.39 is 17.6 Å². The second kappa shape index (κ2) is 5.21. The highest BCUT2D eigenvalue weighted by molar-refractivity contribution is 6.17. The molecule has 0 aromatic heterocycles. The zero-order chi connectivity index (χ0) is 14.0. The summed E-state index contributed by atoms with van der Waals surface area (Å²) < 4.78 is 52.1. The first-order valence-electron chi connectivity index (χ1n) is 5.44. The molecule has 0 N–H and O–H groups in total. The van der Waals surface area contributed by atoms with Crippen molar-refractivity contribution in [1.82, 2.24) is 0 Å². The Morgan fingerprint density at radius 1 is 1.00 bits per heavy atom. The predicted octanol–water partition coefficient (Wildman–Crippen LogP) is 5.25. The van der Waals surface area contributed by atoms with Gasteiger partial charge in [-0.1, -0.05) is 18.2 Å². The maximum atomic E-state index is 13.4. The summed E-state index contributed by atoms with van der Waals surface area (Å²) >= 11 is 5.60. The van der Waals surface area contributed by atoms with Gasteiger partial charge in [0.25, 0.3) is 0 Å². The summed E-state index contributed by atoms with van der Waals surface area (Å²) in [6, 6.07) is 8.80. The summed E-state index contributed by atoms with van der Waals surface area (Å²) in [6.45, 7) is 0. The van der Waals surface area contributed by atoms with Crippen LogP contribution in [-0.4, -0.2) is 0 Å². The topological polar surface area (TPSA) is 0 Å². The Labute approximate surface area is 112 Å². The van der Waals surface area contributed by atoms with Gasteiger partial charge in [-0.05, 0) is 41.0 Å². The Morgan fingerprint density at radius 2 is 1.68 bits per heavy atom. The fourth-order valence-electron chi connectivity index (χ4n) is 1.87. The van der Waals surface area contributed by atoms with Crippen LogP contribution >= 0.6 is 11.6 Å². The quantitative estimate of drug-likeness (QED) is 0.523. The number of hydrogen-bond donors (Lipinski definition) is 0. The van der Waals surface area contributed by atoms with Gasteiger partial charge < -0.3 is 0 Å². The minimum atomic E-state index is -4.48. The fraction of sp³-hybridized carbons (Fsp3) is 0.143. The Balaban J connectivity index is 2.62. The van der Waals surface area contributed by atoms with E-state index in [9.17, 15) is 17.6 Å². The van der Waals surface area contributed by atoms with Crippen molar-refractivity contribution < 1.29 is 17.6 Å². The Kier molecular flexibility index (Phi) is 3.80. The monoisotopic (exact) mass is 288 g/mol. The van der Waals surface area contributed by atoms with Crippen molar-refractivity contribution in [2.24, 2.45) is 0 Å². The molecule has 0 saturated carbocycles. The highest BCUT2D eigenvalue weighted by Gasteiger charge is 2.33. The molecule has 2 aromatic carbocycles. The molecule has 0 atom stereocenters. The standard InChI is InChI=1S/C14H9ClF4/c15-8-9-5-10(7-11(16)6-9)12-3-1-2-4-13(12)14(17,18)19/h1-7H,8H2. The molecule has 2 aromatic rings. The van der Waals surface area contributed by atoms with Gasteiger partial charge in [-0.15, -0.1) is 11.6 Å². The lowest BCUT2D eigenvalue weighted by Gasteiger charge is -2.13. The summed E-state index contributed by atoms with van der Waals surface area (Å²) in [6.07, 6.45) is -4.48. The molecular weight excluding hydrogens is 280 g/mol. The zero-order valence-electron chi connectivity index (χ0n) is 9.64. The van der Waals surface area contributed by atoms with Crippen LogP contribution in [0.25, 0.3) is 11.1 Å². The van der Waals surface area contributed by atoms with Crippen molar-refractivity contribution in [3.8, 4) is 11.1 Å². The molecule has 0 radical (unpaired) electrons. The highest BCUT2D eigenvalue weighted by Crippen LogP contribution is 2.37. The molecule has 0 unspecified atom stereocenters. The number of rotatable bonds is 2. The maximum absolute atomic E-state index is 13.4. The third kappa shape index (κ3) is 3.07. The molecular formula is C14H9ClF4. The van der Waals surface area contributed by atoms with Crippen LogP contribution in [0.2, 0.25) is 0 Å². The second-order valence-corrected chi connectivity index (χ2v) is 4.29. The average Bonchev–Trinajstić information content (AvgIpc) is 2.37. The first kappa shape index (κ1) is 13.9. The van der Waals surface area contributed by atoms with Gasteiger partial charge in [0, 0.05) is 5.88 Å². The van der Waals surface area contributed by atoms with Gasteiger partial charge in [-0.25, -0.2) is 4.39 Å². The lowest BCUT2D eigenvalue weighted by atomic mass is 9.98. The third-order valence-corrected chi connectivity index (χ3v) is 2.96. The van der Waals surface area contributed by atoms with Gasteiger partial charge in [-0.2, -0.15) is 13.2 Å². The van der Waals surface area contributed by atoms with Crippen LogP contribution in [0.1, 0.15) is 11.1 Å². The average molecular weight is 289 g/mol. The SMILES string of the molecule is Fc1cc(CCl)cc(-c2ccccc2C(F)(F)F)c1. The third-order valence-electron chi connectivity index (χ3n) is 2.66. The predicted molar refractivity (Wildman–Crippen MR) is 66.4 cm³/mol. The van der Waals surface area contributed by atoms with E-state index in [4.69, 9.17) is 11.6 Å². The van der Waals surface area contributed by atoms with Crippen LogP contribution in [0, 0.1) is 5.82 Å². The van der Waals surface area contributed by atoms with Gasteiger partial charge in [0.15, 0.2) is 0 Å². The van der Waals surface area contributed by atoms with E-state index in [0.29, 0.717) is 5.56 Å². The van der Waals surface area contributed by atoms with E-state index in [1.807, 2.05) is 0 Å². The van der Waals surface area contributed by atoms with Gasteiger partial charge in [-0.3, -0.25) is 0 Å². The second-order valence-electron chi connectivity index (χ2n) is 4.03. The number of hydrogen-bond acceptors (Lipinski definition) is 0. The van der Waals surface area contributed by atoms with Gasteiger partial charge in [0.1, 0.15) is 5.82 Å². The van der Waals surface area contributed by atoms with Gasteiger partial charge >= 0.3 is 6.18 Å². The van der Waals surface area contributed by atoms with Crippen LogP contribution < -0.4 is 0 Å². The summed E-state index contributed by atoms with van der Waals surface area (Å²) in [5, 5.41) is 0. The summed E-state index contributed by atoms with van der Waals surface area (Å²) in [5.41, 5.74) is -0.237. The molecule has 5 heteroatoms. The van der Waals surface area contributed by atoms with Gasteiger partial charge in [0.2, 0.25) is 0 Å². The highest BCUT2D eigenvalue weighted by atomic mass is 35.5. The maximum Gasteiger partial charge on any atom is 0.417 e. The number of alkyl halides is 4. The van der Waals surface area contributed by atoms with Crippen molar-refractivity contribution in [1.29, 1.82) is 0 Å². The minimum absolute atomic E-state index is 0.0406. The molecule has 0 heterocycles. The molecule has 0 amide bonds. The van der Waals surface area contributed by atoms with E-state index in [1.165, 1.54) is 30.3 Å². The summed E-state index contributed by atoms with van der Waals surface area (Å²) in [7, 11) is 0. The van der Waals surface area contributed by atoms with Crippen LogP contribution in [-0.2, 0) is 12.1 Å². The Hall–Kier alpha value is -1.55. The first-order chi connectivity index (χ1) is 8.91. The molecule has 0 bridgehead atoms. The molecule has 100 valence electrons. The van der Waals surface area contributed by atoms with Crippen molar-refractivity contribution in [2.45, 2.75) is 12.1 Å². The molecule has 0 aliphatic rings. The van der Waals surface area contributed by atoms with E-state index in [1.54, 1.807) is 0 Å². The van der Waals surface area contributed by atoms with Crippen molar-refractivity contribution in [2.75, 3.05) is 0 Å². The Morgan fingerprint density at radius 3 is 2.32 bits per heavy atom. The molecule has 0 aliphatic heterocycles.